The number of halogens is 9. The van der Waals surface area contributed by atoms with E-state index in [2.05, 4.69) is 4.98 Å². The van der Waals surface area contributed by atoms with Gasteiger partial charge in [0.25, 0.3) is 0 Å². The predicted molar refractivity (Wildman–Crippen MR) is 131 cm³/mol. The highest BCUT2D eigenvalue weighted by atomic mass is 32.2. The number of fused-ring (bicyclic) bond motifs is 1. The van der Waals surface area contributed by atoms with Gasteiger partial charge in [0.1, 0.15) is 11.8 Å². The summed E-state index contributed by atoms with van der Waals surface area (Å²) in [5.74, 6) is -4.00. The summed E-state index contributed by atoms with van der Waals surface area (Å²) in [6.07, 6.45) is -15.5. The van der Waals surface area contributed by atoms with Crippen LogP contribution in [0.2, 0.25) is 0 Å². The third kappa shape index (κ3) is 6.56. The molecule has 230 valence electrons. The lowest BCUT2D eigenvalue weighted by Gasteiger charge is -2.21. The molecule has 7 nitrogen and oxygen atoms in total. The molecule has 0 radical (unpaired) electrons. The van der Waals surface area contributed by atoms with Gasteiger partial charge in [-0.25, -0.2) is 8.42 Å². The molecule has 0 aliphatic heterocycles. The Labute approximate surface area is 235 Å². The van der Waals surface area contributed by atoms with Crippen molar-refractivity contribution in [2.24, 2.45) is 5.73 Å². The molecule has 43 heavy (non-hydrogen) atoms. The second-order valence-corrected chi connectivity index (χ2v) is 11.1. The van der Waals surface area contributed by atoms with Crippen LogP contribution in [0.1, 0.15) is 22.3 Å². The number of carboxylic acid groups (broad SMARTS) is 1. The van der Waals surface area contributed by atoms with Crippen molar-refractivity contribution < 1.29 is 62.6 Å². The van der Waals surface area contributed by atoms with E-state index in [1.165, 1.54) is 0 Å². The maximum atomic E-state index is 14.0. The predicted octanol–water partition coefficient (Wildman–Crippen LogP) is 6.80. The van der Waals surface area contributed by atoms with Crippen molar-refractivity contribution in [2.75, 3.05) is 0 Å². The van der Waals surface area contributed by atoms with E-state index in [0.717, 1.165) is 24.4 Å². The molecule has 3 aromatic carbocycles. The van der Waals surface area contributed by atoms with Crippen LogP contribution in [0, 0.1) is 0 Å². The molecule has 4 N–H and O–H groups in total. The molecule has 1 atom stereocenters. The topological polar surface area (TPSA) is 122 Å². The number of H-pyrrole nitrogens is 1. The average Bonchev–Trinajstić information content (AvgIpc) is 3.31. The third-order valence-electron chi connectivity index (χ3n) is 6.15. The van der Waals surface area contributed by atoms with E-state index in [-0.39, 0.29) is 23.0 Å². The van der Waals surface area contributed by atoms with Crippen LogP contribution in [0.25, 0.3) is 10.9 Å². The van der Waals surface area contributed by atoms with Crippen molar-refractivity contribution in [3.8, 4) is 11.5 Å². The normalized spacial score (nSPS) is 13.7. The van der Waals surface area contributed by atoms with Gasteiger partial charge in [-0.15, -0.1) is 0 Å². The first-order chi connectivity index (χ1) is 19.7. The van der Waals surface area contributed by atoms with Gasteiger partial charge >= 0.3 is 24.5 Å². The zero-order valence-electron chi connectivity index (χ0n) is 21.0. The summed E-state index contributed by atoms with van der Waals surface area (Å²) in [5, 5.41) is 8.69. The molecule has 0 bridgehead atoms. The Balaban J connectivity index is 1.82. The van der Waals surface area contributed by atoms with Crippen molar-refractivity contribution in [3.63, 3.8) is 0 Å². The Hall–Kier alpha value is -4.25. The number of sulfone groups is 1. The molecule has 4 rings (SSSR count). The smallest absolute Gasteiger partial charge is 0.420 e. The first kappa shape index (κ1) is 31.7. The van der Waals surface area contributed by atoms with Crippen LogP contribution in [0.15, 0.2) is 70.6 Å². The number of aromatic amines is 1. The van der Waals surface area contributed by atoms with Gasteiger partial charge in [0.2, 0.25) is 9.84 Å². The summed E-state index contributed by atoms with van der Waals surface area (Å²) in [5.41, 5.74) is -0.265. The average molecular weight is 640 g/mol. The summed E-state index contributed by atoms with van der Waals surface area (Å²) in [6, 6.07) is 4.08. The number of ether oxygens (including phenoxy) is 1. The number of carboxylic acids is 1. The standard InChI is InChI=1S/C26H17F9N2O5S/c27-24(28,29)13-1-4-15(5-2-13)43(40,41)21-11-37-20-6-3-14(10-16(20)21)42-22-17(25(30,31)32)7-12(9-19(36)23(38)39)8-18(22)26(33,34)35/h1-8,10-11,19,37H,9,36H2,(H,38,39)/t19-/m1/s1. The van der Waals surface area contributed by atoms with Crippen molar-refractivity contribution in [1.29, 1.82) is 0 Å². The van der Waals surface area contributed by atoms with Gasteiger partial charge in [0, 0.05) is 17.1 Å². The second kappa shape index (κ2) is 10.8. The van der Waals surface area contributed by atoms with Gasteiger partial charge in [-0.05, 0) is 66.6 Å². The number of carbonyl (C=O) groups is 1. The molecule has 0 saturated heterocycles. The fraction of sp³-hybridized carbons (Fsp3) is 0.192. The van der Waals surface area contributed by atoms with E-state index in [9.17, 15) is 52.7 Å². The number of nitrogens with two attached hydrogens (primary N) is 1. The van der Waals surface area contributed by atoms with Gasteiger partial charge in [-0.2, -0.15) is 39.5 Å². The summed E-state index contributed by atoms with van der Waals surface area (Å²) in [6.45, 7) is 0. The molecular weight excluding hydrogens is 623 g/mol. The SMILES string of the molecule is N[C@H](Cc1cc(C(F)(F)F)c(Oc2ccc3[nH]cc(S(=O)(=O)c4ccc(C(F)(F)F)cc4)c3c2)c(C(F)(F)F)c1)C(=O)O. The molecule has 4 aromatic rings. The molecule has 0 unspecified atom stereocenters. The molecule has 0 aliphatic rings. The molecule has 0 spiro atoms. The second-order valence-electron chi connectivity index (χ2n) is 9.15. The number of alkyl halides is 9. The molecule has 0 saturated carbocycles. The lowest BCUT2D eigenvalue weighted by atomic mass is 9.98. The Kier molecular flexibility index (Phi) is 7.95. The summed E-state index contributed by atoms with van der Waals surface area (Å²) in [7, 11) is -4.54. The highest BCUT2D eigenvalue weighted by molar-refractivity contribution is 7.91. The van der Waals surface area contributed by atoms with Crippen LogP contribution >= 0.6 is 0 Å². The van der Waals surface area contributed by atoms with Gasteiger partial charge in [0.05, 0.1) is 26.5 Å². The number of rotatable bonds is 7. The number of nitrogens with one attached hydrogen (secondary N) is 1. The minimum Gasteiger partial charge on any atom is -0.480 e. The van der Waals surface area contributed by atoms with Crippen molar-refractivity contribution >= 4 is 26.7 Å². The Morgan fingerprint density at radius 1 is 0.860 bits per heavy atom. The first-order valence-corrected chi connectivity index (χ1v) is 13.2. The van der Waals surface area contributed by atoms with E-state index in [0.29, 0.717) is 24.3 Å². The van der Waals surface area contributed by atoms with Crippen LogP contribution in [0.3, 0.4) is 0 Å². The number of aliphatic carboxylic acids is 1. The quantitative estimate of drug-likeness (QED) is 0.191. The molecular formula is C26H17F9N2O5S. The first-order valence-electron chi connectivity index (χ1n) is 11.7. The van der Waals surface area contributed by atoms with E-state index >= 15 is 0 Å². The number of hydrogen-bond acceptors (Lipinski definition) is 5. The minimum atomic E-state index is -5.42. The Morgan fingerprint density at radius 2 is 1.42 bits per heavy atom. The lowest BCUT2D eigenvalue weighted by molar-refractivity contribution is -0.145. The molecule has 1 heterocycles. The molecule has 0 fully saturated rings. The number of hydrogen-bond donors (Lipinski definition) is 3. The van der Waals surface area contributed by atoms with Gasteiger partial charge in [0.15, 0.2) is 5.75 Å². The van der Waals surface area contributed by atoms with E-state index in [1.54, 1.807) is 0 Å². The monoisotopic (exact) mass is 640 g/mol. The lowest BCUT2D eigenvalue weighted by Crippen LogP contribution is -2.32. The van der Waals surface area contributed by atoms with Crippen molar-refractivity contribution in [3.05, 3.63) is 83.0 Å². The van der Waals surface area contributed by atoms with Crippen molar-refractivity contribution in [2.45, 2.75) is 40.8 Å². The molecule has 0 amide bonds. The maximum Gasteiger partial charge on any atom is 0.420 e. The zero-order chi connectivity index (χ0) is 32.1. The fourth-order valence-corrected chi connectivity index (χ4v) is 5.53. The summed E-state index contributed by atoms with van der Waals surface area (Å²) >= 11 is 0. The summed E-state index contributed by atoms with van der Waals surface area (Å²) in [4.78, 5) is 12.5. The van der Waals surface area contributed by atoms with Crippen molar-refractivity contribution in [1.82, 2.24) is 4.98 Å². The van der Waals surface area contributed by atoms with Crippen LogP contribution in [-0.2, 0) is 39.6 Å². The Morgan fingerprint density at radius 3 is 1.91 bits per heavy atom. The number of aromatic nitrogens is 1. The largest absolute Gasteiger partial charge is 0.480 e. The van der Waals surface area contributed by atoms with E-state index in [1.807, 2.05) is 0 Å². The fourth-order valence-electron chi connectivity index (χ4n) is 4.11. The van der Waals surface area contributed by atoms with Crippen LogP contribution < -0.4 is 10.5 Å². The van der Waals surface area contributed by atoms with Crippen LogP contribution in [0.5, 0.6) is 11.5 Å². The third-order valence-corrected chi connectivity index (χ3v) is 7.96. The van der Waals surface area contributed by atoms with Gasteiger partial charge in [-0.3, -0.25) is 4.79 Å². The van der Waals surface area contributed by atoms with Crippen LogP contribution in [0.4, 0.5) is 39.5 Å². The van der Waals surface area contributed by atoms with Gasteiger partial charge < -0.3 is 20.6 Å². The summed E-state index contributed by atoms with van der Waals surface area (Å²) < 4.78 is 154. The maximum absolute atomic E-state index is 14.0. The zero-order valence-corrected chi connectivity index (χ0v) is 21.8. The van der Waals surface area contributed by atoms with E-state index in [4.69, 9.17) is 15.6 Å². The molecule has 1 aromatic heterocycles. The van der Waals surface area contributed by atoms with E-state index < -0.39 is 90.3 Å². The molecule has 0 aliphatic carbocycles. The highest BCUT2D eigenvalue weighted by Crippen LogP contribution is 2.47. The Bertz CT molecular complexity index is 1760. The number of benzene rings is 3. The minimum absolute atomic E-state index is 0.0583. The molecule has 17 heteroatoms. The van der Waals surface area contributed by atoms with Crippen LogP contribution in [-0.4, -0.2) is 30.5 Å². The van der Waals surface area contributed by atoms with Gasteiger partial charge in [-0.1, -0.05) is 0 Å². The highest BCUT2D eigenvalue weighted by Gasteiger charge is 2.43.